The summed E-state index contributed by atoms with van der Waals surface area (Å²) in [6, 6.07) is 0. The first-order chi connectivity index (χ1) is 5.17. The van der Waals surface area contributed by atoms with E-state index in [2.05, 4.69) is 0 Å². The molecule has 0 saturated heterocycles. The second-order valence-corrected chi connectivity index (χ2v) is 1.84. The van der Waals surface area contributed by atoms with Crippen molar-refractivity contribution in [3.8, 4) is 0 Å². The van der Waals surface area contributed by atoms with Crippen molar-refractivity contribution in [2.24, 2.45) is 0 Å². The number of rotatable bonds is 1. The van der Waals surface area contributed by atoms with Gasteiger partial charge in [0.05, 0.1) is 5.57 Å². The lowest BCUT2D eigenvalue weighted by atomic mass is 10.2. The molecule has 0 atom stereocenters. The molecule has 0 aliphatic carbocycles. The number of allylic oxidation sites excluding steroid dienone is 2. The van der Waals surface area contributed by atoms with E-state index >= 15 is 0 Å². The van der Waals surface area contributed by atoms with Crippen molar-refractivity contribution in [1.29, 1.82) is 0 Å². The highest BCUT2D eigenvalue weighted by atomic mass is 19.4. The van der Waals surface area contributed by atoms with E-state index in [1.54, 1.807) is 0 Å². The third-order valence-electron chi connectivity index (χ3n) is 0.846. The van der Waals surface area contributed by atoms with E-state index in [0.29, 0.717) is 0 Å². The molecule has 0 radical (unpaired) electrons. The molecule has 0 aliphatic heterocycles. The average molecular weight is 196 g/mol. The van der Waals surface area contributed by atoms with E-state index in [1.165, 1.54) is 0 Å². The molecule has 0 spiro atoms. The van der Waals surface area contributed by atoms with Crippen LogP contribution in [0.25, 0.3) is 0 Å². The first-order valence-electron chi connectivity index (χ1n) is 2.58. The quantitative estimate of drug-likeness (QED) is 0.446. The van der Waals surface area contributed by atoms with Crippen LogP contribution in [0.3, 0.4) is 0 Å². The van der Waals surface area contributed by atoms with Crippen LogP contribution < -0.4 is 0 Å². The maximum atomic E-state index is 11.4. The van der Waals surface area contributed by atoms with Crippen LogP contribution >= 0.6 is 0 Å². The van der Waals surface area contributed by atoms with E-state index in [1.807, 2.05) is 0 Å². The Kier molecular flexibility index (Phi) is 3.11. The van der Waals surface area contributed by atoms with Gasteiger partial charge in [-0.1, -0.05) is 0 Å². The van der Waals surface area contributed by atoms with Gasteiger partial charge < -0.3 is 0 Å². The molecule has 12 heavy (non-hydrogen) atoms. The summed E-state index contributed by atoms with van der Waals surface area (Å²) in [6.45, 7) is -2.18. The lowest BCUT2D eigenvalue weighted by Gasteiger charge is -2.08. The summed E-state index contributed by atoms with van der Waals surface area (Å²) in [5.74, 6) is 0. The molecule has 0 fully saturated rings. The highest BCUT2D eigenvalue weighted by Gasteiger charge is 2.38. The predicted octanol–water partition coefficient (Wildman–Crippen LogP) is 3.01. The molecule has 0 N–H and O–H groups in total. The molecule has 0 aromatic heterocycles. The monoisotopic (exact) mass is 196 g/mol. The smallest absolute Gasteiger partial charge is 0.246 e. The molecule has 0 bridgehead atoms. The lowest BCUT2D eigenvalue weighted by molar-refractivity contribution is -0.110. The Morgan fingerprint density at radius 1 is 1.00 bits per heavy atom. The van der Waals surface area contributed by atoms with Gasteiger partial charge in [0.25, 0.3) is 0 Å². The summed E-state index contributed by atoms with van der Waals surface area (Å²) >= 11 is 0. The predicted molar refractivity (Wildman–Crippen MR) is 26.2 cm³/mol. The third kappa shape index (κ3) is 4.20. The Morgan fingerprint density at radius 2 is 1.42 bits per heavy atom. The van der Waals surface area contributed by atoms with Crippen molar-refractivity contribution in [3.05, 3.63) is 11.6 Å². The molecule has 0 saturated carbocycles. The Bertz CT molecular complexity index is 171. The number of alkyl halides is 7. The molecule has 0 heterocycles. The van der Waals surface area contributed by atoms with Gasteiger partial charge in [0.1, 0.15) is 6.67 Å². The molecule has 0 rings (SSSR count). The van der Waals surface area contributed by atoms with Crippen LogP contribution in [0.1, 0.15) is 0 Å². The summed E-state index contributed by atoms with van der Waals surface area (Å²) < 4.78 is 79.6. The summed E-state index contributed by atoms with van der Waals surface area (Å²) in [4.78, 5) is 0. The van der Waals surface area contributed by atoms with Crippen molar-refractivity contribution in [3.63, 3.8) is 0 Å². The summed E-state index contributed by atoms with van der Waals surface area (Å²) in [5.41, 5.74) is -2.23. The lowest BCUT2D eigenvalue weighted by Crippen LogP contribution is -2.17. The molecule has 0 amide bonds. The van der Waals surface area contributed by atoms with Gasteiger partial charge in [-0.3, -0.25) is 0 Å². The minimum absolute atomic E-state index is 1.09. The largest absolute Gasteiger partial charge is 0.415 e. The van der Waals surface area contributed by atoms with Gasteiger partial charge in [-0.25, -0.2) is 4.39 Å². The molecule has 0 aromatic carbocycles. The molecular weight excluding hydrogens is 193 g/mol. The number of hydrogen-bond acceptors (Lipinski definition) is 0. The van der Waals surface area contributed by atoms with E-state index < -0.39 is 30.7 Å². The summed E-state index contributed by atoms with van der Waals surface area (Å²) in [7, 11) is 0. The molecule has 0 unspecified atom stereocenters. The molecule has 7 heteroatoms. The molecular formula is C5H3F7. The zero-order chi connectivity index (χ0) is 9.99. The van der Waals surface area contributed by atoms with Crippen molar-refractivity contribution >= 4 is 0 Å². The fourth-order valence-corrected chi connectivity index (χ4v) is 0.394. The van der Waals surface area contributed by atoms with Crippen LogP contribution in [-0.4, -0.2) is 19.0 Å². The van der Waals surface area contributed by atoms with Crippen LogP contribution in [0, 0.1) is 0 Å². The van der Waals surface area contributed by atoms with Crippen LogP contribution in [0.2, 0.25) is 0 Å². The Morgan fingerprint density at radius 3 is 1.50 bits per heavy atom. The second-order valence-electron chi connectivity index (χ2n) is 1.84. The van der Waals surface area contributed by atoms with Gasteiger partial charge in [0.2, 0.25) is 0 Å². The van der Waals surface area contributed by atoms with E-state index in [4.69, 9.17) is 0 Å². The van der Waals surface area contributed by atoms with Crippen molar-refractivity contribution < 1.29 is 30.7 Å². The van der Waals surface area contributed by atoms with Crippen LogP contribution in [0.15, 0.2) is 11.6 Å². The molecule has 0 aliphatic rings. The average Bonchev–Trinajstić information content (AvgIpc) is 1.78. The maximum absolute atomic E-state index is 11.4. The fraction of sp³-hybridized carbons (Fsp3) is 0.600. The van der Waals surface area contributed by atoms with Gasteiger partial charge in [-0.15, -0.1) is 0 Å². The molecule has 72 valence electrons. The van der Waals surface area contributed by atoms with E-state index in [-0.39, 0.29) is 0 Å². The normalized spacial score (nSPS) is 15.1. The van der Waals surface area contributed by atoms with E-state index in [9.17, 15) is 30.7 Å². The van der Waals surface area contributed by atoms with E-state index in [0.717, 1.165) is 0 Å². The Hall–Kier alpha value is -0.750. The highest BCUT2D eigenvalue weighted by Crippen LogP contribution is 2.30. The number of hydrogen-bond donors (Lipinski definition) is 0. The topological polar surface area (TPSA) is 0 Å². The first kappa shape index (κ1) is 11.2. The molecule has 0 nitrogen and oxygen atoms in total. The van der Waals surface area contributed by atoms with Crippen LogP contribution in [0.4, 0.5) is 30.7 Å². The minimum Gasteiger partial charge on any atom is -0.246 e. The van der Waals surface area contributed by atoms with Crippen molar-refractivity contribution in [2.45, 2.75) is 12.4 Å². The highest BCUT2D eigenvalue weighted by molar-refractivity contribution is 5.11. The maximum Gasteiger partial charge on any atom is 0.415 e. The van der Waals surface area contributed by atoms with Gasteiger partial charge in [-0.05, 0) is 0 Å². The van der Waals surface area contributed by atoms with Gasteiger partial charge in [-0.2, -0.15) is 26.3 Å². The third-order valence-corrected chi connectivity index (χ3v) is 0.846. The first-order valence-corrected chi connectivity index (χ1v) is 2.58. The van der Waals surface area contributed by atoms with Crippen molar-refractivity contribution in [1.82, 2.24) is 0 Å². The summed E-state index contributed by atoms with van der Waals surface area (Å²) in [6.07, 6.45) is -11.5. The molecule has 0 aromatic rings. The zero-order valence-electron chi connectivity index (χ0n) is 5.43. The fourth-order valence-electron chi connectivity index (χ4n) is 0.394. The van der Waals surface area contributed by atoms with Gasteiger partial charge in [0.15, 0.2) is 0 Å². The summed E-state index contributed by atoms with van der Waals surface area (Å²) in [5, 5.41) is 0. The van der Waals surface area contributed by atoms with Gasteiger partial charge >= 0.3 is 12.4 Å². The second kappa shape index (κ2) is 3.32. The zero-order valence-corrected chi connectivity index (χ0v) is 5.43. The van der Waals surface area contributed by atoms with Gasteiger partial charge in [0, 0.05) is 6.08 Å². The van der Waals surface area contributed by atoms with Crippen molar-refractivity contribution in [2.75, 3.05) is 6.67 Å². The minimum atomic E-state index is -5.26. The standard InChI is InChI=1S/C5H3F7/c6-2-3(5(10,11)12)1-4(7,8)9/h1H,2H2/b3-1-. The number of halogens is 7. The van der Waals surface area contributed by atoms with Crippen LogP contribution in [0.5, 0.6) is 0 Å². The van der Waals surface area contributed by atoms with Crippen LogP contribution in [-0.2, 0) is 0 Å². The SMILES string of the molecule is FC/C(=C/C(F)(F)F)C(F)(F)F. The Labute approximate surface area is 62.7 Å². The Balaban J connectivity index is 4.68.